The van der Waals surface area contributed by atoms with E-state index in [1.165, 1.54) is 0 Å². The largest absolute Gasteiger partial charge is 0.361 e. The van der Waals surface area contributed by atoms with E-state index >= 15 is 0 Å². The number of nitrogens with one attached hydrogen (secondary N) is 1. The van der Waals surface area contributed by atoms with Crippen LogP contribution in [0, 0.1) is 6.92 Å². The molecule has 2 amide bonds. The van der Waals surface area contributed by atoms with Crippen LogP contribution in [-0.2, 0) is 4.79 Å². The summed E-state index contributed by atoms with van der Waals surface area (Å²) in [5.74, 6) is 0.492. The first-order valence-electron chi connectivity index (χ1n) is 6.06. The number of hydrogen-bond acceptors (Lipinski definition) is 4. The third kappa shape index (κ3) is 2.88. The lowest BCUT2D eigenvalue weighted by Gasteiger charge is -2.31. The molecule has 2 rings (SSSR count). The number of nitrogens with zero attached hydrogens (tertiary/aromatic N) is 2. The van der Waals surface area contributed by atoms with Crippen molar-refractivity contribution in [2.75, 3.05) is 13.1 Å². The zero-order valence-electron chi connectivity index (χ0n) is 10.6. The van der Waals surface area contributed by atoms with Gasteiger partial charge in [-0.15, -0.1) is 0 Å². The Balaban J connectivity index is 1.85. The number of hydrogen-bond donors (Lipinski definition) is 1. The summed E-state index contributed by atoms with van der Waals surface area (Å²) in [6.07, 6.45) is 1.56. The van der Waals surface area contributed by atoms with Crippen LogP contribution in [0.2, 0.25) is 0 Å². The van der Waals surface area contributed by atoms with Crippen molar-refractivity contribution in [2.45, 2.75) is 32.7 Å². The minimum Gasteiger partial charge on any atom is -0.361 e. The van der Waals surface area contributed by atoms with Crippen molar-refractivity contribution in [3.8, 4) is 0 Å². The van der Waals surface area contributed by atoms with Crippen molar-refractivity contribution in [1.29, 1.82) is 0 Å². The molecule has 1 saturated heterocycles. The zero-order chi connectivity index (χ0) is 13.1. The van der Waals surface area contributed by atoms with Crippen LogP contribution in [0.15, 0.2) is 10.6 Å². The van der Waals surface area contributed by atoms with Gasteiger partial charge < -0.3 is 14.7 Å². The molecule has 18 heavy (non-hydrogen) atoms. The van der Waals surface area contributed by atoms with Gasteiger partial charge in [0, 0.05) is 32.1 Å². The van der Waals surface area contributed by atoms with Crippen LogP contribution < -0.4 is 5.32 Å². The molecular weight excluding hydrogens is 234 g/mol. The number of carbonyl (C=O) groups is 2. The van der Waals surface area contributed by atoms with Gasteiger partial charge >= 0.3 is 0 Å². The number of carbonyl (C=O) groups excluding carboxylic acids is 2. The number of piperidine rings is 1. The van der Waals surface area contributed by atoms with Crippen molar-refractivity contribution in [3.63, 3.8) is 0 Å². The standard InChI is InChI=1S/C12H17N3O3/c1-8-7-11(14-18-8)12(17)13-10-3-5-15(6-4-10)9(2)16/h7,10H,3-6H2,1-2H3,(H,13,17). The van der Waals surface area contributed by atoms with E-state index in [1.54, 1.807) is 24.8 Å². The monoisotopic (exact) mass is 251 g/mol. The Kier molecular flexibility index (Phi) is 3.64. The van der Waals surface area contributed by atoms with Crippen LogP contribution in [0.5, 0.6) is 0 Å². The highest BCUT2D eigenvalue weighted by Crippen LogP contribution is 2.11. The molecule has 6 heteroatoms. The van der Waals surface area contributed by atoms with E-state index in [2.05, 4.69) is 10.5 Å². The minimum atomic E-state index is -0.215. The van der Waals surface area contributed by atoms with Gasteiger partial charge in [0.2, 0.25) is 5.91 Å². The van der Waals surface area contributed by atoms with Gasteiger partial charge in [-0.3, -0.25) is 9.59 Å². The summed E-state index contributed by atoms with van der Waals surface area (Å²) in [7, 11) is 0. The average Bonchev–Trinajstić information content (AvgIpc) is 2.76. The van der Waals surface area contributed by atoms with Crippen molar-refractivity contribution in [1.82, 2.24) is 15.4 Å². The molecule has 0 aromatic carbocycles. The molecule has 0 aliphatic carbocycles. The van der Waals surface area contributed by atoms with E-state index in [-0.39, 0.29) is 17.9 Å². The number of amides is 2. The van der Waals surface area contributed by atoms with E-state index < -0.39 is 0 Å². The Morgan fingerprint density at radius 2 is 2.11 bits per heavy atom. The topological polar surface area (TPSA) is 75.4 Å². The summed E-state index contributed by atoms with van der Waals surface area (Å²) in [6.45, 7) is 4.70. The second-order valence-electron chi connectivity index (χ2n) is 4.58. The first kappa shape index (κ1) is 12.6. The molecule has 1 aliphatic rings. The molecule has 6 nitrogen and oxygen atoms in total. The van der Waals surface area contributed by atoms with E-state index in [4.69, 9.17) is 4.52 Å². The van der Waals surface area contributed by atoms with Gasteiger partial charge in [0.25, 0.3) is 5.91 Å². The van der Waals surface area contributed by atoms with Crippen LogP contribution in [0.4, 0.5) is 0 Å². The molecule has 98 valence electrons. The molecule has 0 spiro atoms. The fraction of sp³-hybridized carbons (Fsp3) is 0.583. The molecule has 0 unspecified atom stereocenters. The predicted octanol–water partition coefficient (Wildman–Crippen LogP) is 0.724. The van der Waals surface area contributed by atoms with Crippen molar-refractivity contribution >= 4 is 11.8 Å². The molecule has 1 aromatic heterocycles. The molecule has 2 heterocycles. The number of rotatable bonds is 2. The smallest absolute Gasteiger partial charge is 0.273 e. The molecular formula is C12H17N3O3. The normalized spacial score (nSPS) is 16.7. The van der Waals surface area contributed by atoms with Crippen LogP contribution in [0.1, 0.15) is 36.0 Å². The van der Waals surface area contributed by atoms with Crippen molar-refractivity contribution in [2.24, 2.45) is 0 Å². The quantitative estimate of drug-likeness (QED) is 0.840. The Morgan fingerprint density at radius 1 is 1.44 bits per heavy atom. The molecule has 1 N–H and O–H groups in total. The van der Waals surface area contributed by atoms with Gasteiger partial charge in [-0.2, -0.15) is 0 Å². The lowest BCUT2D eigenvalue weighted by Crippen LogP contribution is -2.46. The lowest BCUT2D eigenvalue weighted by molar-refractivity contribution is -0.129. The van der Waals surface area contributed by atoms with Crippen LogP contribution in [0.25, 0.3) is 0 Å². The van der Waals surface area contributed by atoms with Crippen LogP contribution in [-0.4, -0.2) is 41.0 Å². The summed E-state index contributed by atoms with van der Waals surface area (Å²) in [4.78, 5) is 24.8. The summed E-state index contributed by atoms with van der Waals surface area (Å²) in [5, 5.41) is 6.58. The Morgan fingerprint density at radius 3 is 2.61 bits per heavy atom. The van der Waals surface area contributed by atoms with Gasteiger partial charge in [-0.1, -0.05) is 5.16 Å². The second-order valence-corrected chi connectivity index (χ2v) is 4.58. The average molecular weight is 251 g/mol. The highest BCUT2D eigenvalue weighted by atomic mass is 16.5. The van der Waals surface area contributed by atoms with Gasteiger partial charge in [-0.05, 0) is 19.8 Å². The molecule has 1 aromatic rings. The highest BCUT2D eigenvalue weighted by molar-refractivity contribution is 5.92. The maximum absolute atomic E-state index is 11.8. The Bertz CT molecular complexity index is 447. The second kappa shape index (κ2) is 5.20. The van der Waals surface area contributed by atoms with Crippen LogP contribution in [0.3, 0.4) is 0 Å². The van der Waals surface area contributed by atoms with Crippen molar-refractivity contribution in [3.05, 3.63) is 17.5 Å². The molecule has 0 atom stereocenters. The molecule has 0 radical (unpaired) electrons. The minimum absolute atomic E-state index is 0.0897. The molecule has 1 aliphatic heterocycles. The van der Waals surface area contributed by atoms with Gasteiger partial charge in [0.15, 0.2) is 5.69 Å². The molecule has 0 saturated carbocycles. The summed E-state index contributed by atoms with van der Waals surface area (Å²) >= 11 is 0. The number of aryl methyl sites for hydroxylation is 1. The van der Waals surface area contributed by atoms with Crippen LogP contribution >= 0.6 is 0 Å². The maximum atomic E-state index is 11.8. The van der Waals surface area contributed by atoms with E-state index in [0.29, 0.717) is 24.5 Å². The number of aromatic nitrogens is 1. The van der Waals surface area contributed by atoms with E-state index in [0.717, 1.165) is 12.8 Å². The summed E-state index contributed by atoms with van der Waals surface area (Å²) in [6, 6.07) is 1.71. The number of likely N-dealkylation sites (tertiary alicyclic amines) is 1. The first-order chi connectivity index (χ1) is 8.56. The van der Waals surface area contributed by atoms with E-state index in [1.807, 2.05) is 0 Å². The van der Waals surface area contributed by atoms with Gasteiger partial charge in [-0.25, -0.2) is 0 Å². The SMILES string of the molecule is CC(=O)N1CCC(NC(=O)c2cc(C)on2)CC1. The van der Waals surface area contributed by atoms with Gasteiger partial charge in [0.1, 0.15) is 5.76 Å². The lowest BCUT2D eigenvalue weighted by atomic mass is 10.0. The Labute approximate surface area is 105 Å². The summed E-state index contributed by atoms with van der Waals surface area (Å²) < 4.78 is 4.86. The summed E-state index contributed by atoms with van der Waals surface area (Å²) in [5.41, 5.74) is 0.307. The first-order valence-corrected chi connectivity index (χ1v) is 6.06. The fourth-order valence-electron chi connectivity index (χ4n) is 2.07. The zero-order valence-corrected chi connectivity index (χ0v) is 10.6. The third-order valence-electron chi connectivity index (χ3n) is 3.14. The molecule has 1 fully saturated rings. The van der Waals surface area contributed by atoms with E-state index in [9.17, 15) is 9.59 Å². The predicted molar refractivity (Wildman–Crippen MR) is 64.0 cm³/mol. The highest BCUT2D eigenvalue weighted by Gasteiger charge is 2.23. The molecule has 0 bridgehead atoms. The Hall–Kier alpha value is -1.85. The third-order valence-corrected chi connectivity index (χ3v) is 3.14. The van der Waals surface area contributed by atoms with Crippen molar-refractivity contribution < 1.29 is 14.1 Å². The maximum Gasteiger partial charge on any atom is 0.273 e. The van der Waals surface area contributed by atoms with Gasteiger partial charge in [0.05, 0.1) is 0 Å². The fourth-order valence-corrected chi connectivity index (χ4v) is 2.07.